The highest BCUT2D eigenvalue weighted by atomic mass is 19.4. The normalized spacial score (nSPS) is 19.7. The fraction of sp³-hybridized carbons (Fsp3) is 0.455. The first-order chi connectivity index (χ1) is 21.5. The van der Waals surface area contributed by atoms with E-state index in [0.717, 1.165) is 62.3 Å². The summed E-state index contributed by atoms with van der Waals surface area (Å²) in [5, 5.41) is 0. The summed E-state index contributed by atoms with van der Waals surface area (Å²) in [6.07, 6.45) is -1.30. The van der Waals surface area contributed by atoms with Gasteiger partial charge in [0.1, 0.15) is 11.9 Å². The Hall–Kier alpha value is -4.35. The van der Waals surface area contributed by atoms with Crippen LogP contribution in [-0.2, 0) is 28.7 Å². The highest BCUT2D eigenvalue weighted by Crippen LogP contribution is 2.39. The fourth-order valence-electron chi connectivity index (χ4n) is 5.98. The number of aromatic nitrogens is 2. The number of halogens is 3. The molecule has 3 aromatic rings. The van der Waals surface area contributed by atoms with Crippen LogP contribution in [-0.4, -0.2) is 71.1 Å². The molecule has 0 radical (unpaired) electrons. The lowest BCUT2D eigenvalue weighted by Crippen LogP contribution is -2.42. The van der Waals surface area contributed by atoms with Gasteiger partial charge in [0.25, 0.3) is 0 Å². The number of alkyl halides is 3. The summed E-state index contributed by atoms with van der Waals surface area (Å²) in [7, 11) is 1.57. The molecule has 6 rings (SSSR count). The van der Waals surface area contributed by atoms with Crippen LogP contribution >= 0.6 is 0 Å². The predicted molar refractivity (Wildman–Crippen MR) is 161 cm³/mol. The zero-order valence-electron chi connectivity index (χ0n) is 25.6. The zero-order chi connectivity index (χ0) is 31.9. The Balaban J connectivity index is 1.31. The number of cyclic esters (lactones) is 1. The van der Waals surface area contributed by atoms with Crippen LogP contribution < -0.4 is 9.64 Å². The number of likely N-dealkylation sites (tertiary alicyclic amines) is 1. The molecule has 2 atom stereocenters. The second kappa shape index (κ2) is 12.2. The average molecular weight is 624 g/mol. The number of anilines is 1. The Morgan fingerprint density at radius 1 is 1.07 bits per heavy atom. The Labute approximate surface area is 259 Å². The quantitative estimate of drug-likeness (QED) is 0.292. The van der Waals surface area contributed by atoms with Gasteiger partial charge in [-0.1, -0.05) is 17.7 Å². The summed E-state index contributed by atoms with van der Waals surface area (Å²) in [6.45, 7) is 6.66. The highest BCUT2D eigenvalue weighted by Gasteiger charge is 2.42. The van der Waals surface area contributed by atoms with E-state index in [0.29, 0.717) is 41.4 Å². The maximum absolute atomic E-state index is 13.6. The summed E-state index contributed by atoms with van der Waals surface area (Å²) in [5.74, 6) is 1.26. The van der Waals surface area contributed by atoms with Gasteiger partial charge in [0.2, 0.25) is 11.9 Å². The van der Waals surface area contributed by atoms with E-state index >= 15 is 0 Å². The molecular weight excluding hydrogens is 587 g/mol. The predicted octanol–water partition coefficient (Wildman–Crippen LogP) is 5.94. The molecule has 9 nitrogen and oxygen atoms in total. The van der Waals surface area contributed by atoms with Crippen molar-refractivity contribution in [1.29, 1.82) is 0 Å². The van der Waals surface area contributed by atoms with Crippen LogP contribution in [0.5, 0.6) is 5.75 Å². The van der Waals surface area contributed by atoms with Gasteiger partial charge in [0, 0.05) is 49.9 Å². The van der Waals surface area contributed by atoms with Crippen LogP contribution in [0.4, 0.5) is 23.9 Å². The Kier molecular flexibility index (Phi) is 8.32. The van der Waals surface area contributed by atoms with E-state index in [1.807, 2.05) is 28.0 Å². The largest absolute Gasteiger partial charge is 0.496 e. The number of methoxy groups -OCH3 is 1. The molecule has 0 spiro atoms. The number of nitrogens with zero attached hydrogens (tertiary/aromatic N) is 5. The van der Waals surface area contributed by atoms with E-state index in [9.17, 15) is 22.8 Å². The molecule has 2 amide bonds. The highest BCUT2D eigenvalue weighted by molar-refractivity contribution is 5.78. The number of hydrogen-bond acceptors (Lipinski definition) is 7. The molecular formula is C33H36F3N5O4. The van der Waals surface area contributed by atoms with Crippen molar-refractivity contribution in [2.45, 2.75) is 64.4 Å². The first kappa shape index (κ1) is 30.7. The molecule has 238 valence electrons. The van der Waals surface area contributed by atoms with Gasteiger partial charge in [-0.2, -0.15) is 13.2 Å². The number of carbonyl (C=O) groups excluding carboxylic acids is 2. The van der Waals surface area contributed by atoms with Gasteiger partial charge in [0.05, 0.1) is 31.0 Å². The molecule has 4 heterocycles. The van der Waals surface area contributed by atoms with Gasteiger partial charge < -0.3 is 19.3 Å². The van der Waals surface area contributed by atoms with E-state index in [-0.39, 0.29) is 18.0 Å². The Bertz CT molecular complexity index is 1610. The minimum atomic E-state index is -4.52. The lowest BCUT2D eigenvalue weighted by atomic mass is 9.97. The third kappa shape index (κ3) is 6.27. The van der Waals surface area contributed by atoms with Gasteiger partial charge in [-0.05, 0) is 68.5 Å². The van der Waals surface area contributed by atoms with Crippen LogP contribution in [0.15, 0.2) is 42.6 Å². The van der Waals surface area contributed by atoms with Crippen molar-refractivity contribution < 1.29 is 32.2 Å². The van der Waals surface area contributed by atoms with Gasteiger partial charge in [-0.25, -0.2) is 14.8 Å². The van der Waals surface area contributed by atoms with Crippen LogP contribution in [0.25, 0.3) is 11.1 Å². The molecule has 1 aromatic heterocycles. The molecule has 3 aliphatic rings. The van der Waals surface area contributed by atoms with Crippen molar-refractivity contribution in [3.05, 3.63) is 70.5 Å². The monoisotopic (exact) mass is 623 g/mol. The first-order valence-corrected chi connectivity index (χ1v) is 15.2. The number of hydrogen-bond donors (Lipinski definition) is 0. The van der Waals surface area contributed by atoms with Crippen LogP contribution in [0.2, 0.25) is 0 Å². The van der Waals surface area contributed by atoms with Gasteiger partial charge >= 0.3 is 12.3 Å². The van der Waals surface area contributed by atoms with Crippen molar-refractivity contribution in [2.75, 3.05) is 38.2 Å². The molecule has 12 heteroatoms. The molecule has 0 unspecified atom stereocenters. The number of carbonyl (C=O) groups is 2. The Morgan fingerprint density at radius 2 is 1.82 bits per heavy atom. The zero-order valence-corrected chi connectivity index (χ0v) is 25.6. The van der Waals surface area contributed by atoms with Crippen molar-refractivity contribution in [2.24, 2.45) is 0 Å². The second-order valence-corrected chi connectivity index (χ2v) is 11.9. The van der Waals surface area contributed by atoms with Crippen molar-refractivity contribution in [1.82, 2.24) is 19.8 Å². The summed E-state index contributed by atoms with van der Waals surface area (Å²) in [4.78, 5) is 40.7. The second-order valence-electron chi connectivity index (χ2n) is 11.9. The molecule has 0 saturated carbocycles. The third-order valence-corrected chi connectivity index (χ3v) is 8.85. The topological polar surface area (TPSA) is 88.1 Å². The van der Waals surface area contributed by atoms with Gasteiger partial charge in [-0.15, -0.1) is 0 Å². The van der Waals surface area contributed by atoms with E-state index in [1.165, 1.54) is 4.90 Å². The van der Waals surface area contributed by atoms with Gasteiger partial charge in [-0.3, -0.25) is 9.69 Å². The van der Waals surface area contributed by atoms with Crippen molar-refractivity contribution in [3.63, 3.8) is 0 Å². The lowest BCUT2D eigenvalue weighted by Gasteiger charge is -2.31. The molecule has 0 bridgehead atoms. The number of amides is 2. The average Bonchev–Trinajstić information content (AvgIpc) is 3.22. The van der Waals surface area contributed by atoms with E-state index in [1.54, 1.807) is 33.2 Å². The van der Waals surface area contributed by atoms with E-state index < -0.39 is 30.0 Å². The minimum absolute atomic E-state index is 0.0496. The summed E-state index contributed by atoms with van der Waals surface area (Å²) in [6, 6.07) is 8.92. The van der Waals surface area contributed by atoms with Gasteiger partial charge in [0.15, 0.2) is 0 Å². The lowest BCUT2D eigenvalue weighted by molar-refractivity contribution is -0.137. The van der Waals surface area contributed by atoms with Crippen LogP contribution in [0.3, 0.4) is 0 Å². The maximum Gasteiger partial charge on any atom is 0.416 e. The van der Waals surface area contributed by atoms with Crippen LogP contribution in [0.1, 0.15) is 60.2 Å². The molecule has 0 N–H and O–H groups in total. The summed E-state index contributed by atoms with van der Waals surface area (Å²) in [5.41, 5.74) is 2.83. The molecule has 45 heavy (non-hydrogen) atoms. The molecule has 3 fully saturated rings. The van der Waals surface area contributed by atoms with Crippen molar-refractivity contribution >= 4 is 17.9 Å². The number of ether oxygens (including phenoxy) is 2. The van der Waals surface area contributed by atoms with E-state index in [2.05, 4.69) is 4.98 Å². The maximum atomic E-state index is 13.6. The smallest absolute Gasteiger partial charge is 0.416 e. The van der Waals surface area contributed by atoms with Crippen molar-refractivity contribution in [3.8, 4) is 16.9 Å². The number of aryl methyl sites for hydroxylation is 2. The molecule has 3 aliphatic heterocycles. The summed E-state index contributed by atoms with van der Waals surface area (Å²) < 4.78 is 52.1. The third-order valence-electron chi connectivity index (χ3n) is 8.85. The molecule has 0 aliphatic carbocycles. The number of rotatable bonds is 9. The SMILES string of the molecule is COc1ccc(CCC(=O)N2CCC2)cc1-c1cnc(N2CCC2)nc1CN1C(=O)O[C@H](c2cc(C)cc(C(F)(F)F)c2)[C@@H]1C. The molecule has 3 saturated heterocycles. The number of benzene rings is 2. The standard InChI is InChI=1S/C33H36F3N5O4/c1-20-14-23(17-24(15-20)33(34,35)36)30-21(2)41(32(43)45-30)19-27-26(18-37-31(38-27)40-12-5-13-40)25-16-22(6-8-28(25)44-3)7-9-29(42)39-10-4-11-39/h6,8,14-18,21,30H,4-5,7,9-13,19H2,1-3H3/t21-,30-/m0/s1. The fourth-order valence-corrected chi connectivity index (χ4v) is 5.98. The summed E-state index contributed by atoms with van der Waals surface area (Å²) >= 11 is 0. The van der Waals surface area contributed by atoms with Crippen LogP contribution in [0, 0.1) is 6.92 Å². The van der Waals surface area contributed by atoms with E-state index in [4.69, 9.17) is 14.5 Å². The first-order valence-electron chi connectivity index (χ1n) is 15.2. The Morgan fingerprint density at radius 3 is 2.47 bits per heavy atom. The molecule has 2 aromatic carbocycles. The minimum Gasteiger partial charge on any atom is -0.496 e.